The van der Waals surface area contributed by atoms with Crippen molar-refractivity contribution in [3.8, 4) is 0 Å². The Morgan fingerprint density at radius 1 is 1.18 bits per heavy atom. The van der Waals surface area contributed by atoms with Crippen LogP contribution in [0.1, 0.15) is 28.4 Å². The Morgan fingerprint density at radius 2 is 1.86 bits per heavy atom. The van der Waals surface area contributed by atoms with E-state index in [9.17, 15) is 9.18 Å². The topological polar surface area (TPSA) is 40.5 Å². The van der Waals surface area contributed by atoms with Crippen LogP contribution in [0.2, 0.25) is 0 Å². The number of rotatable bonds is 6. The van der Waals surface area contributed by atoms with E-state index >= 15 is 0 Å². The molecular formula is C18H20FNO2. The van der Waals surface area contributed by atoms with Gasteiger partial charge in [-0.1, -0.05) is 24.3 Å². The Bertz CT molecular complexity index is 640. The first-order valence-corrected chi connectivity index (χ1v) is 7.22. The van der Waals surface area contributed by atoms with Gasteiger partial charge in [-0.05, 0) is 55.8 Å². The molecule has 0 aliphatic heterocycles. The number of aromatic carboxylic acids is 1. The monoisotopic (exact) mass is 301 g/mol. The molecule has 3 nitrogen and oxygen atoms in total. The Balaban J connectivity index is 1.96. The van der Waals surface area contributed by atoms with Gasteiger partial charge in [0.25, 0.3) is 0 Å². The first-order valence-electron chi connectivity index (χ1n) is 7.22. The second-order valence-electron chi connectivity index (χ2n) is 5.60. The van der Waals surface area contributed by atoms with Crippen molar-refractivity contribution in [3.05, 3.63) is 71.0 Å². The van der Waals surface area contributed by atoms with E-state index in [1.165, 1.54) is 6.07 Å². The van der Waals surface area contributed by atoms with Crippen LogP contribution >= 0.6 is 0 Å². The van der Waals surface area contributed by atoms with Crippen molar-refractivity contribution in [2.75, 3.05) is 7.05 Å². The average molecular weight is 301 g/mol. The normalized spacial score (nSPS) is 12.4. The van der Waals surface area contributed by atoms with Gasteiger partial charge in [-0.3, -0.25) is 4.90 Å². The minimum absolute atomic E-state index is 0.211. The third kappa shape index (κ3) is 4.40. The van der Waals surface area contributed by atoms with Crippen LogP contribution < -0.4 is 0 Å². The van der Waals surface area contributed by atoms with Crippen LogP contribution in [0.4, 0.5) is 4.39 Å². The molecular weight excluding hydrogens is 281 g/mol. The Labute approximate surface area is 130 Å². The van der Waals surface area contributed by atoms with Gasteiger partial charge in [0.15, 0.2) is 0 Å². The number of benzene rings is 2. The summed E-state index contributed by atoms with van der Waals surface area (Å²) in [6, 6.07) is 13.8. The molecule has 0 saturated heterocycles. The van der Waals surface area contributed by atoms with Crippen molar-refractivity contribution in [1.29, 1.82) is 0 Å². The summed E-state index contributed by atoms with van der Waals surface area (Å²) in [5.74, 6) is -1.13. The lowest BCUT2D eigenvalue weighted by Crippen LogP contribution is -2.30. The summed E-state index contributed by atoms with van der Waals surface area (Å²) < 4.78 is 13.2. The van der Waals surface area contributed by atoms with Crippen molar-refractivity contribution >= 4 is 5.97 Å². The van der Waals surface area contributed by atoms with E-state index in [1.54, 1.807) is 24.3 Å². The molecule has 0 heterocycles. The minimum atomic E-state index is -0.917. The molecule has 1 atom stereocenters. The molecule has 0 aliphatic carbocycles. The van der Waals surface area contributed by atoms with E-state index in [2.05, 4.69) is 11.8 Å². The molecule has 2 aromatic rings. The van der Waals surface area contributed by atoms with Gasteiger partial charge in [0.1, 0.15) is 5.82 Å². The summed E-state index contributed by atoms with van der Waals surface area (Å²) in [6.45, 7) is 2.81. The Hall–Kier alpha value is -2.20. The van der Waals surface area contributed by atoms with Crippen LogP contribution in [-0.4, -0.2) is 29.1 Å². The van der Waals surface area contributed by atoms with Gasteiger partial charge in [0.2, 0.25) is 0 Å². The van der Waals surface area contributed by atoms with Crippen LogP contribution in [0.5, 0.6) is 0 Å². The summed E-state index contributed by atoms with van der Waals surface area (Å²) in [6.07, 6.45) is 0.765. The molecule has 0 saturated carbocycles. The molecule has 116 valence electrons. The fourth-order valence-electron chi connectivity index (χ4n) is 2.36. The summed E-state index contributed by atoms with van der Waals surface area (Å²) >= 11 is 0. The van der Waals surface area contributed by atoms with E-state index < -0.39 is 5.97 Å². The van der Waals surface area contributed by atoms with E-state index in [0.717, 1.165) is 24.1 Å². The highest BCUT2D eigenvalue weighted by molar-refractivity contribution is 5.87. The van der Waals surface area contributed by atoms with E-state index in [4.69, 9.17) is 5.11 Å². The van der Waals surface area contributed by atoms with Gasteiger partial charge in [0.05, 0.1) is 5.56 Å². The molecule has 2 rings (SSSR count). The van der Waals surface area contributed by atoms with Crippen molar-refractivity contribution in [1.82, 2.24) is 4.90 Å². The van der Waals surface area contributed by atoms with Gasteiger partial charge in [0, 0.05) is 12.6 Å². The molecule has 0 aliphatic rings. The highest BCUT2D eigenvalue weighted by atomic mass is 19.1. The van der Waals surface area contributed by atoms with Gasteiger partial charge < -0.3 is 5.11 Å². The van der Waals surface area contributed by atoms with Gasteiger partial charge in [-0.15, -0.1) is 0 Å². The number of carboxylic acid groups (broad SMARTS) is 1. The Kier molecular flexibility index (Phi) is 5.28. The fraction of sp³-hybridized carbons (Fsp3) is 0.278. The summed E-state index contributed by atoms with van der Waals surface area (Å²) in [7, 11) is 2.01. The lowest BCUT2D eigenvalue weighted by atomic mass is 10.1. The maximum atomic E-state index is 13.2. The smallest absolute Gasteiger partial charge is 0.335 e. The number of nitrogens with zero attached hydrogens (tertiary/aromatic N) is 1. The molecule has 4 heteroatoms. The zero-order chi connectivity index (χ0) is 16.1. The Morgan fingerprint density at radius 3 is 2.45 bits per heavy atom. The number of carbonyl (C=O) groups is 1. The SMILES string of the molecule is CC(Cc1cccc(F)c1)N(C)Cc1ccc(C(=O)O)cc1. The van der Waals surface area contributed by atoms with Crippen LogP contribution in [0.15, 0.2) is 48.5 Å². The molecule has 1 N–H and O–H groups in total. The first kappa shape index (κ1) is 16.2. The van der Waals surface area contributed by atoms with E-state index in [-0.39, 0.29) is 11.9 Å². The molecule has 0 bridgehead atoms. The van der Waals surface area contributed by atoms with Gasteiger partial charge in [-0.2, -0.15) is 0 Å². The fourth-order valence-corrected chi connectivity index (χ4v) is 2.36. The molecule has 0 amide bonds. The molecule has 22 heavy (non-hydrogen) atoms. The summed E-state index contributed by atoms with van der Waals surface area (Å²) in [5, 5.41) is 8.89. The third-order valence-electron chi connectivity index (χ3n) is 3.81. The lowest BCUT2D eigenvalue weighted by Gasteiger charge is -2.25. The maximum Gasteiger partial charge on any atom is 0.335 e. The van der Waals surface area contributed by atoms with Crippen molar-refractivity contribution in [2.45, 2.75) is 25.9 Å². The molecule has 0 fully saturated rings. The number of hydrogen-bond acceptors (Lipinski definition) is 2. The molecule has 0 aromatic heterocycles. The van der Waals surface area contributed by atoms with Crippen molar-refractivity contribution < 1.29 is 14.3 Å². The maximum absolute atomic E-state index is 13.2. The van der Waals surface area contributed by atoms with Crippen LogP contribution in [-0.2, 0) is 13.0 Å². The zero-order valence-corrected chi connectivity index (χ0v) is 12.8. The van der Waals surface area contributed by atoms with E-state index in [0.29, 0.717) is 5.56 Å². The molecule has 2 aromatic carbocycles. The predicted octanol–water partition coefficient (Wildman–Crippen LogP) is 3.59. The molecule has 0 spiro atoms. The van der Waals surface area contributed by atoms with Crippen LogP contribution in [0.3, 0.4) is 0 Å². The number of hydrogen-bond donors (Lipinski definition) is 1. The molecule has 1 unspecified atom stereocenters. The summed E-state index contributed by atoms with van der Waals surface area (Å²) in [4.78, 5) is 13.0. The van der Waals surface area contributed by atoms with Gasteiger partial charge >= 0.3 is 5.97 Å². The number of likely N-dealkylation sites (N-methyl/N-ethyl adjacent to an activating group) is 1. The second-order valence-corrected chi connectivity index (χ2v) is 5.60. The highest BCUT2D eigenvalue weighted by Gasteiger charge is 2.11. The standard InChI is InChI=1S/C18H20FNO2/c1-13(10-15-4-3-5-17(19)11-15)20(2)12-14-6-8-16(9-7-14)18(21)22/h3-9,11,13H,10,12H2,1-2H3,(H,21,22). The van der Waals surface area contributed by atoms with Crippen molar-refractivity contribution in [2.24, 2.45) is 0 Å². The average Bonchev–Trinajstić information content (AvgIpc) is 2.47. The van der Waals surface area contributed by atoms with Crippen molar-refractivity contribution in [3.63, 3.8) is 0 Å². The van der Waals surface area contributed by atoms with Crippen LogP contribution in [0.25, 0.3) is 0 Å². The third-order valence-corrected chi connectivity index (χ3v) is 3.81. The minimum Gasteiger partial charge on any atom is -0.478 e. The quantitative estimate of drug-likeness (QED) is 0.886. The largest absolute Gasteiger partial charge is 0.478 e. The zero-order valence-electron chi connectivity index (χ0n) is 12.8. The lowest BCUT2D eigenvalue weighted by molar-refractivity contribution is 0.0697. The summed E-state index contributed by atoms with van der Waals surface area (Å²) in [5.41, 5.74) is 2.32. The van der Waals surface area contributed by atoms with Gasteiger partial charge in [-0.25, -0.2) is 9.18 Å². The predicted molar refractivity (Wildman–Crippen MR) is 84.4 cm³/mol. The number of halogens is 1. The first-order chi connectivity index (χ1) is 10.5. The van der Waals surface area contributed by atoms with E-state index in [1.807, 2.05) is 25.2 Å². The second kappa shape index (κ2) is 7.18. The number of carboxylic acids is 1. The highest BCUT2D eigenvalue weighted by Crippen LogP contribution is 2.13. The molecule has 0 radical (unpaired) electrons. The van der Waals surface area contributed by atoms with Crippen LogP contribution in [0, 0.1) is 5.82 Å².